The molecule has 0 radical (unpaired) electrons. The Morgan fingerprint density at radius 1 is 1.13 bits per heavy atom. The number of hydrogen-bond acceptors (Lipinski definition) is 5. The van der Waals surface area contributed by atoms with Gasteiger partial charge >= 0.3 is 5.97 Å². The fraction of sp³-hybridized carbons (Fsp3) is 0.636. The van der Waals surface area contributed by atoms with Crippen LogP contribution in [-0.4, -0.2) is 44.3 Å². The Bertz CT molecular complexity index is 945. The Kier molecular flexibility index (Phi) is 6.89. The minimum atomic E-state index is -3.64. The van der Waals surface area contributed by atoms with E-state index in [0.717, 1.165) is 31.6 Å². The van der Waals surface area contributed by atoms with Crippen LogP contribution < -0.4 is 5.32 Å². The van der Waals surface area contributed by atoms with E-state index < -0.39 is 22.5 Å². The average Bonchev–Trinajstić information content (AvgIpc) is 3.37. The van der Waals surface area contributed by atoms with E-state index in [4.69, 9.17) is 16.3 Å². The van der Waals surface area contributed by atoms with Gasteiger partial charge in [0.2, 0.25) is 10.0 Å². The van der Waals surface area contributed by atoms with Crippen molar-refractivity contribution in [1.29, 1.82) is 0 Å². The van der Waals surface area contributed by atoms with E-state index in [9.17, 15) is 18.0 Å². The van der Waals surface area contributed by atoms with Gasteiger partial charge in [0.05, 0.1) is 15.6 Å². The van der Waals surface area contributed by atoms with E-state index in [1.807, 2.05) is 0 Å². The Morgan fingerprint density at radius 3 is 2.58 bits per heavy atom. The monoisotopic (exact) mass is 468 g/mol. The summed E-state index contributed by atoms with van der Waals surface area (Å²) >= 11 is 6.16. The van der Waals surface area contributed by atoms with E-state index in [1.54, 1.807) is 0 Å². The highest BCUT2D eigenvalue weighted by Crippen LogP contribution is 2.49. The minimum Gasteiger partial charge on any atom is -0.456 e. The van der Waals surface area contributed by atoms with Crippen LogP contribution in [0.4, 0.5) is 5.69 Å². The normalized spacial score (nSPS) is 26.0. The van der Waals surface area contributed by atoms with E-state index in [0.29, 0.717) is 31.3 Å². The summed E-state index contributed by atoms with van der Waals surface area (Å²) in [5.41, 5.74) is 0.189. The Labute approximate surface area is 188 Å². The molecule has 3 atom stereocenters. The van der Waals surface area contributed by atoms with Crippen molar-refractivity contribution in [3.8, 4) is 0 Å². The molecule has 1 aromatic carbocycles. The second-order valence-electron chi connectivity index (χ2n) is 8.95. The lowest BCUT2D eigenvalue weighted by Crippen LogP contribution is -2.35. The average molecular weight is 469 g/mol. The van der Waals surface area contributed by atoms with Crippen LogP contribution in [0.15, 0.2) is 23.1 Å². The van der Waals surface area contributed by atoms with Crippen molar-refractivity contribution in [1.82, 2.24) is 4.31 Å². The van der Waals surface area contributed by atoms with E-state index in [1.165, 1.54) is 41.8 Å². The maximum absolute atomic E-state index is 12.9. The maximum Gasteiger partial charge on any atom is 0.306 e. The molecule has 1 saturated heterocycles. The van der Waals surface area contributed by atoms with Gasteiger partial charge in [-0.25, -0.2) is 8.42 Å². The zero-order chi connectivity index (χ0) is 22.0. The van der Waals surface area contributed by atoms with Crippen LogP contribution in [0.5, 0.6) is 0 Å². The zero-order valence-corrected chi connectivity index (χ0v) is 19.1. The molecular formula is C22H29ClN2O5S. The van der Waals surface area contributed by atoms with E-state index in [-0.39, 0.29) is 21.6 Å². The fourth-order valence-corrected chi connectivity index (χ4v) is 6.96. The third kappa shape index (κ3) is 5.23. The number of nitrogens with one attached hydrogen (secondary N) is 1. The number of benzene rings is 1. The van der Waals surface area contributed by atoms with Gasteiger partial charge in [-0.3, -0.25) is 9.59 Å². The summed E-state index contributed by atoms with van der Waals surface area (Å²) in [4.78, 5) is 24.5. The van der Waals surface area contributed by atoms with E-state index >= 15 is 0 Å². The molecule has 9 heteroatoms. The van der Waals surface area contributed by atoms with Gasteiger partial charge in [0, 0.05) is 19.5 Å². The molecule has 1 amide bonds. The second-order valence-corrected chi connectivity index (χ2v) is 11.3. The van der Waals surface area contributed by atoms with Crippen LogP contribution in [0.1, 0.15) is 51.4 Å². The number of fused-ring (bicyclic) bond motifs is 2. The van der Waals surface area contributed by atoms with Gasteiger partial charge in [-0.05, 0) is 68.1 Å². The molecule has 1 aromatic rings. The van der Waals surface area contributed by atoms with Crippen LogP contribution in [0.25, 0.3) is 0 Å². The van der Waals surface area contributed by atoms with Gasteiger partial charge in [0.1, 0.15) is 0 Å². The molecule has 31 heavy (non-hydrogen) atoms. The van der Waals surface area contributed by atoms with Crippen LogP contribution in [0.3, 0.4) is 0 Å². The molecular weight excluding hydrogens is 440 g/mol. The number of ether oxygens (including phenoxy) is 1. The predicted octanol–water partition coefficient (Wildman–Crippen LogP) is 3.82. The lowest BCUT2D eigenvalue weighted by atomic mass is 9.86. The molecule has 1 N–H and O–H groups in total. The molecule has 0 aromatic heterocycles. The second kappa shape index (κ2) is 9.46. The number of halogens is 1. The number of carbonyl (C=O) groups is 2. The molecule has 1 heterocycles. The van der Waals surface area contributed by atoms with Gasteiger partial charge in [0.25, 0.3) is 5.91 Å². The highest BCUT2D eigenvalue weighted by atomic mass is 35.5. The van der Waals surface area contributed by atoms with Crippen LogP contribution >= 0.6 is 11.6 Å². The van der Waals surface area contributed by atoms with Gasteiger partial charge < -0.3 is 10.1 Å². The Morgan fingerprint density at radius 2 is 1.90 bits per heavy atom. The molecule has 2 aliphatic carbocycles. The molecule has 1 aliphatic heterocycles. The SMILES string of the molecule is O=C(COC(=O)C[C@@H]1C[C@@H]2CC[C@@H]1C2)Nc1cc(S(=O)(=O)N2CCCCC2)ccc1Cl. The summed E-state index contributed by atoms with van der Waals surface area (Å²) in [6.45, 7) is 0.565. The third-order valence-corrected chi connectivity index (χ3v) is 9.07. The van der Waals surface area contributed by atoms with Crippen molar-refractivity contribution in [2.24, 2.45) is 17.8 Å². The van der Waals surface area contributed by atoms with Crippen molar-refractivity contribution >= 4 is 39.2 Å². The number of carbonyl (C=O) groups excluding carboxylic acids is 2. The smallest absolute Gasteiger partial charge is 0.306 e. The van der Waals surface area contributed by atoms with Gasteiger partial charge in [-0.15, -0.1) is 0 Å². The number of sulfonamides is 1. The topological polar surface area (TPSA) is 92.8 Å². The molecule has 170 valence electrons. The standard InChI is InChI=1S/C22H29ClN2O5S/c23-19-7-6-18(31(28,29)25-8-2-1-3-9-25)13-20(19)24-21(26)14-30-22(27)12-17-11-15-4-5-16(17)10-15/h6-7,13,15-17H,1-5,8-12,14H2,(H,24,26)/t15-,16-,17+/m1/s1. The molecule has 0 unspecified atom stereocenters. The van der Waals surface area contributed by atoms with Crippen molar-refractivity contribution in [3.05, 3.63) is 23.2 Å². The molecule has 3 aliphatic rings. The molecule has 0 spiro atoms. The highest BCUT2D eigenvalue weighted by Gasteiger charge is 2.40. The molecule has 4 rings (SSSR count). The largest absolute Gasteiger partial charge is 0.456 e. The molecule has 7 nitrogen and oxygen atoms in total. The van der Waals surface area contributed by atoms with Crippen LogP contribution in [0, 0.1) is 17.8 Å². The quantitative estimate of drug-likeness (QED) is 0.614. The lowest BCUT2D eigenvalue weighted by Gasteiger charge is -2.26. The Balaban J connectivity index is 1.32. The van der Waals surface area contributed by atoms with Crippen molar-refractivity contribution in [2.75, 3.05) is 25.0 Å². The number of amides is 1. The first-order chi connectivity index (χ1) is 14.8. The van der Waals surface area contributed by atoms with Gasteiger partial charge in [-0.2, -0.15) is 4.31 Å². The lowest BCUT2D eigenvalue weighted by molar-refractivity contribution is -0.148. The molecule has 2 bridgehead atoms. The summed E-state index contributed by atoms with van der Waals surface area (Å²) in [6.07, 6.45) is 7.82. The maximum atomic E-state index is 12.9. The number of anilines is 1. The summed E-state index contributed by atoms with van der Waals surface area (Å²) < 4.78 is 32.4. The molecule has 3 fully saturated rings. The predicted molar refractivity (Wildman–Crippen MR) is 117 cm³/mol. The zero-order valence-electron chi connectivity index (χ0n) is 17.5. The first-order valence-corrected chi connectivity index (χ1v) is 12.9. The summed E-state index contributed by atoms with van der Waals surface area (Å²) in [6, 6.07) is 4.26. The number of piperidine rings is 1. The number of hydrogen-bond donors (Lipinski definition) is 1. The van der Waals surface area contributed by atoms with Crippen molar-refractivity contribution < 1.29 is 22.7 Å². The fourth-order valence-electron chi connectivity index (χ4n) is 5.25. The number of rotatable bonds is 7. The number of nitrogens with zero attached hydrogens (tertiary/aromatic N) is 1. The number of esters is 1. The summed E-state index contributed by atoms with van der Waals surface area (Å²) in [7, 11) is -3.64. The Hall–Kier alpha value is -1.64. The first-order valence-electron chi connectivity index (χ1n) is 11.1. The summed E-state index contributed by atoms with van der Waals surface area (Å²) in [5.74, 6) is 0.841. The highest BCUT2D eigenvalue weighted by molar-refractivity contribution is 7.89. The van der Waals surface area contributed by atoms with Gasteiger partial charge in [-0.1, -0.05) is 24.4 Å². The first kappa shape index (κ1) is 22.6. The van der Waals surface area contributed by atoms with E-state index in [2.05, 4.69) is 5.32 Å². The van der Waals surface area contributed by atoms with Crippen molar-refractivity contribution in [3.63, 3.8) is 0 Å². The van der Waals surface area contributed by atoms with Crippen LogP contribution in [-0.2, 0) is 24.3 Å². The third-order valence-electron chi connectivity index (χ3n) is 6.84. The van der Waals surface area contributed by atoms with Crippen LogP contribution in [0.2, 0.25) is 5.02 Å². The minimum absolute atomic E-state index is 0.0855. The summed E-state index contributed by atoms with van der Waals surface area (Å²) in [5, 5.41) is 2.79. The van der Waals surface area contributed by atoms with Gasteiger partial charge in [0.15, 0.2) is 6.61 Å². The van der Waals surface area contributed by atoms with Crippen molar-refractivity contribution in [2.45, 2.75) is 56.3 Å². The molecule has 2 saturated carbocycles.